The van der Waals surface area contributed by atoms with Gasteiger partial charge in [-0.1, -0.05) is 12.8 Å². The Morgan fingerprint density at radius 1 is 1.10 bits per heavy atom. The molecule has 3 nitrogen and oxygen atoms in total. The molecule has 1 heterocycles. The number of hydrogen-bond acceptors (Lipinski definition) is 2. The molecule has 4 fully saturated rings. The number of amides is 1. The number of carbonyl (C=O) groups is 1. The second-order valence-electron chi connectivity index (χ2n) is 6.92. The molecule has 0 aromatic rings. The molecule has 20 heavy (non-hydrogen) atoms. The van der Waals surface area contributed by atoms with Crippen molar-refractivity contribution in [2.75, 3.05) is 0 Å². The summed E-state index contributed by atoms with van der Waals surface area (Å²) in [6.07, 6.45) is 0.842. The average molecular weight is 288 g/mol. The third-order valence-electron chi connectivity index (χ3n) is 5.64. The quantitative estimate of drug-likeness (QED) is 0.847. The van der Waals surface area contributed by atoms with Gasteiger partial charge in [-0.05, 0) is 44.4 Å². The maximum atomic E-state index is 13.4. The minimum atomic E-state index is -4.30. The van der Waals surface area contributed by atoms with Gasteiger partial charge in [-0.3, -0.25) is 10.1 Å². The zero-order chi connectivity index (χ0) is 14.2. The van der Waals surface area contributed by atoms with Gasteiger partial charge < -0.3 is 4.90 Å². The number of nitrogens with one attached hydrogen (secondary N) is 1. The summed E-state index contributed by atoms with van der Waals surface area (Å²) in [6.45, 7) is 0. The molecule has 0 radical (unpaired) electrons. The van der Waals surface area contributed by atoms with E-state index in [1.165, 1.54) is 4.90 Å². The molecule has 1 unspecified atom stereocenters. The fourth-order valence-electron chi connectivity index (χ4n) is 4.09. The molecule has 0 bridgehead atoms. The van der Waals surface area contributed by atoms with Gasteiger partial charge in [0, 0.05) is 0 Å². The van der Waals surface area contributed by atoms with Crippen LogP contribution in [0.5, 0.6) is 0 Å². The Labute approximate surface area is 115 Å². The zero-order valence-electron chi connectivity index (χ0n) is 11.3. The van der Waals surface area contributed by atoms with E-state index in [-0.39, 0.29) is 24.7 Å². The summed E-state index contributed by atoms with van der Waals surface area (Å²) in [4.78, 5) is 13.8. The summed E-state index contributed by atoms with van der Waals surface area (Å²) in [5.41, 5.74) is -2.51. The van der Waals surface area contributed by atoms with Crippen LogP contribution in [0.3, 0.4) is 0 Å². The van der Waals surface area contributed by atoms with Crippen LogP contribution in [0.4, 0.5) is 13.2 Å². The lowest BCUT2D eigenvalue weighted by atomic mass is 10.0. The first-order valence-electron chi connectivity index (χ1n) is 7.58. The SMILES string of the molecule is O=C1N(C2(C(F)(F)F)CC2)C(C2CCCC2)NC12CC2. The summed E-state index contributed by atoms with van der Waals surface area (Å²) in [6, 6.07) is 0. The van der Waals surface area contributed by atoms with Crippen molar-refractivity contribution in [3.05, 3.63) is 0 Å². The summed E-state index contributed by atoms with van der Waals surface area (Å²) < 4.78 is 40.3. The van der Waals surface area contributed by atoms with Gasteiger partial charge in [0.15, 0.2) is 0 Å². The highest BCUT2D eigenvalue weighted by Gasteiger charge is 2.74. The van der Waals surface area contributed by atoms with E-state index in [1.807, 2.05) is 0 Å². The van der Waals surface area contributed by atoms with Crippen molar-refractivity contribution in [3.63, 3.8) is 0 Å². The van der Waals surface area contributed by atoms with Crippen LogP contribution in [0, 0.1) is 5.92 Å². The molecule has 1 N–H and O–H groups in total. The molecule has 3 aliphatic carbocycles. The number of rotatable bonds is 2. The smallest absolute Gasteiger partial charge is 0.310 e. The molecule has 3 saturated carbocycles. The molecule has 1 amide bonds. The summed E-state index contributed by atoms with van der Waals surface area (Å²) >= 11 is 0. The molecule has 4 rings (SSSR count). The summed E-state index contributed by atoms with van der Waals surface area (Å²) in [5.74, 6) is -0.0945. The lowest BCUT2D eigenvalue weighted by Gasteiger charge is -2.37. The van der Waals surface area contributed by atoms with Gasteiger partial charge in [-0.25, -0.2) is 0 Å². The molecule has 1 spiro atoms. The van der Waals surface area contributed by atoms with E-state index in [9.17, 15) is 18.0 Å². The van der Waals surface area contributed by atoms with Crippen LogP contribution in [0.1, 0.15) is 51.4 Å². The second kappa shape index (κ2) is 3.70. The molecular weight excluding hydrogens is 269 g/mol. The van der Waals surface area contributed by atoms with Crippen LogP contribution in [0.25, 0.3) is 0 Å². The monoisotopic (exact) mass is 288 g/mol. The number of hydrogen-bond donors (Lipinski definition) is 1. The highest BCUT2D eigenvalue weighted by molar-refractivity contribution is 5.93. The van der Waals surface area contributed by atoms with Gasteiger partial charge in [0.25, 0.3) is 0 Å². The standard InChI is InChI=1S/C14H19F3N2O/c15-14(16,17)13(7-8-13)19-10(9-3-1-2-4-9)18-12(5-6-12)11(19)20/h9-10,18H,1-8H2. The predicted molar refractivity (Wildman–Crippen MR) is 65.7 cm³/mol. The first-order chi connectivity index (χ1) is 9.40. The Bertz CT molecular complexity index is 448. The van der Waals surface area contributed by atoms with Crippen molar-refractivity contribution in [1.82, 2.24) is 10.2 Å². The lowest BCUT2D eigenvalue weighted by molar-refractivity contribution is -0.204. The Morgan fingerprint density at radius 2 is 1.70 bits per heavy atom. The fourth-order valence-corrected chi connectivity index (χ4v) is 4.09. The Morgan fingerprint density at radius 3 is 2.15 bits per heavy atom. The first kappa shape index (κ1) is 12.9. The van der Waals surface area contributed by atoms with Crippen LogP contribution in [-0.2, 0) is 4.79 Å². The van der Waals surface area contributed by atoms with E-state index >= 15 is 0 Å². The van der Waals surface area contributed by atoms with Crippen molar-refractivity contribution in [3.8, 4) is 0 Å². The van der Waals surface area contributed by atoms with E-state index < -0.39 is 23.4 Å². The van der Waals surface area contributed by atoms with Crippen molar-refractivity contribution >= 4 is 5.91 Å². The van der Waals surface area contributed by atoms with Crippen LogP contribution >= 0.6 is 0 Å². The number of alkyl halides is 3. The number of carbonyl (C=O) groups excluding carboxylic acids is 1. The molecule has 0 aromatic carbocycles. The molecule has 1 saturated heterocycles. The van der Waals surface area contributed by atoms with Gasteiger partial charge in [0.05, 0.1) is 11.7 Å². The molecular formula is C14H19F3N2O. The predicted octanol–water partition coefficient (Wildman–Crippen LogP) is 2.56. The van der Waals surface area contributed by atoms with Crippen LogP contribution in [0.2, 0.25) is 0 Å². The van der Waals surface area contributed by atoms with E-state index in [4.69, 9.17) is 0 Å². The molecule has 1 atom stereocenters. The number of nitrogens with zero attached hydrogens (tertiary/aromatic N) is 1. The van der Waals surface area contributed by atoms with Crippen molar-refractivity contribution in [1.29, 1.82) is 0 Å². The van der Waals surface area contributed by atoms with Gasteiger partial charge in [0.2, 0.25) is 5.91 Å². The highest BCUT2D eigenvalue weighted by Crippen LogP contribution is 2.59. The first-order valence-corrected chi connectivity index (χ1v) is 7.58. The maximum Gasteiger partial charge on any atom is 0.411 e. The van der Waals surface area contributed by atoms with E-state index in [1.54, 1.807) is 0 Å². The van der Waals surface area contributed by atoms with Crippen LogP contribution in [-0.4, -0.2) is 34.2 Å². The van der Waals surface area contributed by atoms with Crippen molar-refractivity contribution in [2.45, 2.75) is 74.8 Å². The minimum absolute atomic E-state index is 0.0726. The van der Waals surface area contributed by atoms with E-state index in [0.29, 0.717) is 12.8 Å². The van der Waals surface area contributed by atoms with Gasteiger partial charge >= 0.3 is 6.18 Å². The van der Waals surface area contributed by atoms with E-state index in [0.717, 1.165) is 25.7 Å². The molecule has 1 aliphatic heterocycles. The topological polar surface area (TPSA) is 32.3 Å². The fraction of sp³-hybridized carbons (Fsp3) is 0.929. The third kappa shape index (κ3) is 1.54. The van der Waals surface area contributed by atoms with Crippen LogP contribution < -0.4 is 5.32 Å². The van der Waals surface area contributed by atoms with Crippen molar-refractivity contribution in [2.24, 2.45) is 5.92 Å². The highest BCUT2D eigenvalue weighted by atomic mass is 19.4. The van der Waals surface area contributed by atoms with Crippen LogP contribution in [0.15, 0.2) is 0 Å². The molecule has 112 valence electrons. The largest absolute Gasteiger partial charge is 0.411 e. The molecule has 4 aliphatic rings. The van der Waals surface area contributed by atoms with Gasteiger partial charge in [-0.15, -0.1) is 0 Å². The van der Waals surface area contributed by atoms with Crippen molar-refractivity contribution < 1.29 is 18.0 Å². The minimum Gasteiger partial charge on any atom is -0.310 e. The Balaban J connectivity index is 1.69. The van der Waals surface area contributed by atoms with Gasteiger partial charge in [0.1, 0.15) is 5.54 Å². The average Bonchev–Trinajstić information content (AvgIpc) is 3.25. The molecule has 6 heteroatoms. The summed E-state index contributed by atoms with van der Waals surface area (Å²) in [5, 5.41) is 3.28. The van der Waals surface area contributed by atoms with E-state index in [2.05, 4.69) is 5.32 Å². The Hall–Kier alpha value is -0.780. The second-order valence-corrected chi connectivity index (χ2v) is 6.92. The normalized spacial score (nSPS) is 35.0. The number of halogens is 3. The molecule has 0 aromatic heterocycles. The summed E-state index contributed by atoms with van der Waals surface area (Å²) in [7, 11) is 0. The lowest BCUT2D eigenvalue weighted by Crippen LogP contribution is -2.55. The van der Waals surface area contributed by atoms with Gasteiger partial charge in [-0.2, -0.15) is 13.2 Å². The maximum absolute atomic E-state index is 13.4. The Kier molecular flexibility index (Phi) is 2.39. The zero-order valence-corrected chi connectivity index (χ0v) is 11.3. The third-order valence-corrected chi connectivity index (χ3v) is 5.64.